The fraction of sp³-hybridized carbons (Fsp3) is 0.333. The zero-order chi connectivity index (χ0) is 13.4. The van der Waals surface area contributed by atoms with E-state index in [-0.39, 0.29) is 6.04 Å². The van der Waals surface area contributed by atoms with E-state index in [0.717, 1.165) is 0 Å². The van der Waals surface area contributed by atoms with E-state index in [1.54, 1.807) is 0 Å². The number of hydrogen-bond donors (Lipinski definition) is 1. The first-order valence-electron chi connectivity index (χ1n) is 7.05. The fourth-order valence-corrected chi connectivity index (χ4v) is 3.26. The Morgan fingerprint density at radius 1 is 0.947 bits per heavy atom. The van der Waals surface area contributed by atoms with Crippen molar-refractivity contribution in [1.82, 2.24) is 0 Å². The Balaban J connectivity index is 1.82. The minimum absolute atomic E-state index is 0.173. The van der Waals surface area contributed by atoms with Crippen LogP contribution in [-0.4, -0.2) is 0 Å². The van der Waals surface area contributed by atoms with Crippen molar-refractivity contribution in [3.63, 3.8) is 0 Å². The molecule has 2 N–H and O–H groups in total. The first-order chi connectivity index (χ1) is 9.18. The third-order valence-corrected chi connectivity index (χ3v) is 4.40. The molecule has 3 atom stereocenters. The van der Waals surface area contributed by atoms with Gasteiger partial charge in [-0.2, -0.15) is 0 Å². The van der Waals surface area contributed by atoms with E-state index in [1.165, 1.54) is 28.7 Å². The maximum absolute atomic E-state index is 6.53. The van der Waals surface area contributed by atoms with Gasteiger partial charge in [0.05, 0.1) is 0 Å². The van der Waals surface area contributed by atoms with E-state index in [2.05, 4.69) is 62.4 Å². The molecule has 0 radical (unpaired) electrons. The fourth-order valence-electron chi connectivity index (χ4n) is 3.26. The van der Waals surface area contributed by atoms with Crippen LogP contribution in [0.15, 0.2) is 48.5 Å². The van der Waals surface area contributed by atoms with Crippen LogP contribution < -0.4 is 5.73 Å². The van der Waals surface area contributed by atoms with Crippen molar-refractivity contribution in [2.24, 2.45) is 11.7 Å². The molecule has 2 aromatic rings. The standard InChI is InChI=1S/C18H21N/c1-12-7-6-8-13(2)17(12)18(19)16-11-15(16)14-9-4-3-5-10-14/h3-10,15-16,18H,11,19H2,1-2H3. The summed E-state index contributed by atoms with van der Waals surface area (Å²) in [6, 6.07) is 17.4. The summed E-state index contributed by atoms with van der Waals surface area (Å²) >= 11 is 0. The van der Waals surface area contributed by atoms with Crippen LogP contribution in [0.2, 0.25) is 0 Å². The minimum atomic E-state index is 0.173. The van der Waals surface area contributed by atoms with Gasteiger partial charge in [-0.3, -0.25) is 0 Å². The predicted molar refractivity (Wildman–Crippen MR) is 80.1 cm³/mol. The molecule has 1 nitrogen and oxygen atoms in total. The van der Waals surface area contributed by atoms with Crippen LogP contribution in [0.4, 0.5) is 0 Å². The number of benzene rings is 2. The second kappa shape index (κ2) is 4.82. The van der Waals surface area contributed by atoms with Gasteiger partial charge in [-0.25, -0.2) is 0 Å². The zero-order valence-electron chi connectivity index (χ0n) is 11.6. The van der Waals surface area contributed by atoms with Crippen LogP contribution in [-0.2, 0) is 0 Å². The molecule has 0 bridgehead atoms. The third-order valence-electron chi connectivity index (χ3n) is 4.40. The Bertz CT molecular complexity index is 553. The van der Waals surface area contributed by atoms with E-state index in [9.17, 15) is 0 Å². The Morgan fingerprint density at radius 2 is 1.58 bits per heavy atom. The molecular weight excluding hydrogens is 230 g/mol. The molecule has 0 aromatic heterocycles. The van der Waals surface area contributed by atoms with Crippen molar-refractivity contribution >= 4 is 0 Å². The van der Waals surface area contributed by atoms with Gasteiger partial charge in [-0.1, -0.05) is 48.5 Å². The second-order valence-electron chi connectivity index (χ2n) is 5.75. The van der Waals surface area contributed by atoms with Crippen LogP contribution in [0.1, 0.15) is 40.6 Å². The number of hydrogen-bond acceptors (Lipinski definition) is 1. The average molecular weight is 251 g/mol. The average Bonchev–Trinajstić information content (AvgIpc) is 3.19. The summed E-state index contributed by atoms with van der Waals surface area (Å²) in [6.07, 6.45) is 1.22. The number of rotatable bonds is 3. The van der Waals surface area contributed by atoms with E-state index in [1.807, 2.05) is 0 Å². The van der Waals surface area contributed by atoms with Gasteiger partial charge in [-0.15, -0.1) is 0 Å². The Kier molecular flexibility index (Phi) is 3.16. The molecule has 1 aliphatic carbocycles. The molecule has 0 aliphatic heterocycles. The molecule has 0 amide bonds. The van der Waals surface area contributed by atoms with Crippen LogP contribution in [0.5, 0.6) is 0 Å². The lowest BCUT2D eigenvalue weighted by molar-refractivity contribution is 0.609. The highest BCUT2D eigenvalue weighted by atomic mass is 14.7. The van der Waals surface area contributed by atoms with Crippen molar-refractivity contribution < 1.29 is 0 Å². The first kappa shape index (κ1) is 12.4. The number of nitrogens with two attached hydrogens (primary N) is 1. The summed E-state index contributed by atoms with van der Waals surface area (Å²) in [5, 5.41) is 0. The molecule has 98 valence electrons. The molecule has 2 aromatic carbocycles. The van der Waals surface area contributed by atoms with Gasteiger partial charge in [0.2, 0.25) is 0 Å². The molecule has 1 aliphatic rings. The van der Waals surface area contributed by atoms with Crippen molar-refractivity contribution in [1.29, 1.82) is 0 Å². The van der Waals surface area contributed by atoms with Gasteiger partial charge in [-0.05, 0) is 54.4 Å². The maximum atomic E-state index is 6.53. The largest absolute Gasteiger partial charge is 0.324 e. The van der Waals surface area contributed by atoms with Crippen LogP contribution >= 0.6 is 0 Å². The van der Waals surface area contributed by atoms with Crippen LogP contribution in [0, 0.1) is 19.8 Å². The molecule has 0 heterocycles. The zero-order valence-corrected chi connectivity index (χ0v) is 11.6. The lowest BCUT2D eigenvalue weighted by Gasteiger charge is -2.17. The lowest BCUT2D eigenvalue weighted by Crippen LogP contribution is -2.16. The normalized spacial score (nSPS) is 23.1. The monoisotopic (exact) mass is 251 g/mol. The molecule has 1 heteroatoms. The van der Waals surface area contributed by atoms with Gasteiger partial charge >= 0.3 is 0 Å². The summed E-state index contributed by atoms with van der Waals surface area (Å²) in [5.74, 6) is 1.25. The molecule has 3 unspecified atom stereocenters. The highest BCUT2D eigenvalue weighted by molar-refractivity contribution is 5.39. The van der Waals surface area contributed by atoms with Gasteiger partial charge in [0, 0.05) is 6.04 Å². The summed E-state index contributed by atoms with van der Waals surface area (Å²) in [5.41, 5.74) is 12.0. The maximum Gasteiger partial charge on any atom is 0.0334 e. The third kappa shape index (κ3) is 2.31. The summed E-state index contributed by atoms with van der Waals surface area (Å²) in [7, 11) is 0. The SMILES string of the molecule is Cc1cccc(C)c1C(N)C1CC1c1ccccc1. The molecule has 0 saturated heterocycles. The highest BCUT2D eigenvalue weighted by Crippen LogP contribution is 2.53. The van der Waals surface area contributed by atoms with Crippen molar-refractivity contribution in [3.8, 4) is 0 Å². The first-order valence-corrected chi connectivity index (χ1v) is 7.05. The van der Waals surface area contributed by atoms with E-state index in [0.29, 0.717) is 11.8 Å². The molecular formula is C18H21N. The van der Waals surface area contributed by atoms with Crippen molar-refractivity contribution in [2.75, 3.05) is 0 Å². The number of aryl methyl sites for hydroxylation is 2. The quantitative estimate of drug-likeness (QED) is 0.873. The van der Waals surface area contributed by atoms with E-state index < -0.39 is 0 Å². The van der Waals surface area contributed by atoms with Gasteiger partial charge in [0.15, 0.2) is 0 Å². The summed E-state index contributed by atoms with van der Waals surface area (Å²) in [4.78, 5) is 0. The minimum Gasteiger partial charge on any atom is -0.324 e. The Morgan fingerprint density at radius 3 is 2.21 bits per heavy atom. The molecule has 19 heavy (non-hydrogen) atoms. The Labute approximate surface area is 115 Å². The molecule has 3 rings (SSSR count). The molecule has 1 fully saturated rings. The molecule has 1 saturated carbocycles. The summed E-state index contributed by atoms with van der Waals surface area (Å²) in [6.45, 7) is 4.34. The lowest BCUT2D eigenvalue weighted by atomic mass is 9.92. The summed E-state index contributed by atoms with van der Waals surface area (Å²) < 4.78 is 0. The topological polar surface area (TPSA) is 26.0 Å². The highest BCUT2D eigenvalue weighted by Gasteiger charge is 2.43. The van der Waals surface area contributed by atoms with Gasteiger partial charge < -0.3 is 5.73 Å². The van der Waals surface area contributed by atoms with Gasteiger partial charge in [0.25, 0.3) is 0 Å². The Hall–Kier alpha value is -1.60. The van der Waals surface area contributed by atoms with Gasteiger partial charge in [0.1, 0.15) is 0 Å². The van der Waals surface area contributed by atoms with Crippen molar-refractivity contribution in [3.05, 3.63) is 70.8 Å². The second-order valence-corrected chi connectivity index (χ2v) is 5.75. The van der Waals surface area contributed by atoms with Crippen LogP contribution in [0.25, 0.3) is 0 Å². The van der Waals surface area contributed by atoms with Crippen molar-refractivity contribution in [2.45, 2.75) is 32.2 Å². The van der Waals surface area contributed by atoms with Crippen LogP contribution in [0.3, 0.4) is 0 Å². The predicted octanol–water partition coefficient (Wildman–Crippen LogP) is 4.11. The van der Waals surface area contributed by atoms with E-state index in [4.69, 9.17) is 5.73 Å². The smallest absolute Gasteiger partial charge is 0.0334 e. The molecule has 0 spiro atoms. The van der Waals surface area contributed by atoms with E-state index >= 15 is 0 Å².